The lowest BCUT2D eigenvalue weighted by atomic mass is 9.91. The van der Waals surface area contributed by atoms with Gasteiger partial charge in [0.1, 0.15) is 29.2 Å². The van der Waals surface area contributed by atoms with Crippen molar-refractivity contribution in [2.75, 3.05) is 20.8 Å². The number of hydrogen-bond donors (Lipinski definition) is 1. The normalized spacial score (nSPS) is 26.3. The average Bonchev–Trinajstić information content (AvgIpc) is 3.58. The number of carbonyl (C=O) groups is 4. The van der Waals surface area contributed by atoms with Gasteiger partial charge in [-0.2, -0.15) is 0 Å². The molecule has 1 aromatic heterocycles. The first-order valence-electron chi connectivity index (χ1n) is 18.0. The van der Waals surface area contributed by atoms with Gasteiger partial charge in [0, 0.05) is 29.9 Å². The lowest BCUT2D eigenvalue weighted by molar-refractivity contribution is -0.150. The number of fused-ring (bicyclic) bond motifs is 3. The highest BCUT2D eigenvalue weighted by molar-refractivity contribution is 5.96. The molecule has 1 aromatic carbocycles. The van der Waals surface area contributed by atoms with Crippen molar-refractivity contribution >= 4 is 34.7 Å². The number of allylic oxidation sites excluding steroid dienone is 2. The number of esters is 1. The standard InChI is InChI=1S/C39H53N3O9/c1-23(2)49-33-19-32(27-16-17-31(47-7)24(3)34(27)41-33)50-26-18-29-30(43)21-39(36(45)48-8)20-25(39)14-12-10-9-11-13-15-28(35(44)42(29)22-26)40-37(46)51-38(4,5)6/h12,14,16-17,19,23,25-26,28-29H,9-11,13,15,18,20-22H2,1-8H3,(H,40,46)/b14-12-/t25-,26+,28-,29-,39+/m0/s1. The molecule has 12 nitrogen and oxygen atoms in total. The number of alkyl carbamates (subject to hydrolysis) is 1. The number of nitrogens with zero attached hydrogens (tertiary/aromatic N) is 2. The predicted octanol–water partition coefficient (Wildman–Crippen LogP) is 6.24. The second-order valence-corrected chi connectivity index (χ2v) is 15.3. The zero-order chi connectivity index (χ0) is 37.1. The number of ketones is 1. The third-order valence-corrected chi connectivity index (χ3v) is 9.85. The largest absolute Gasteiger partial charge is 0.496 e. The fourth-order valence-corrected chi connectivity index (χ4v) is 7.27. The molecule has 0 bridgehead atoms. The number of methoxy groups -OCH3 is 2. The maximum absolute atomic E-state index is 14.5. The second-order valence-electron chi connectivity index (χ2n) is 15.3. The van der Waals surface area contributed by atoms with E-state index in [0.29, 0.717) is 42.2 Å². The van der Waals surface area contributed by atoms with Crippen LogP contribution < -0.4 is 19.5 Å². The number of rotatable bonds is 7. The molecular formula is C39H53N3O9. The summed E-state index contributed by atoms with van der Waals surface area (Å²) in [6.07, 6.45) is 6.91. The molecule has 12 heteroatoms. The molecule has 0 radical (unpaired) electrons. The molecule has 2 amide bonds. The van der Waals surface area contributed by atoms with Gasteiger partial charge in [-0.05, 0) is 85.3 Å². The number of nitrogens with one attached hydrogen (secondary N) is 1. The summed E-state index contributed by atoms with van der Waals surface area (Å²) in [6, 6.07) is 3.65. The third-order valence-electron chi connectivity index (χ3n) is 9.85. The van der Waals surface area contributed by atoms with Crippen LogP contribution in [0.1, 0.15) is 91.5 Å². The summed E-state index contributed by atoms with van der Waals surface area (Å²) in [6.45, 7) is 11.1. The van der Waals surface area contributed by atoms with E-state index in [9.17, 15) is 19.2 Å². The number of pyridine rings is 1. The number of hydrogen-bond acceptors (Lipinski definition) is 10. The molecule has 2 fully saturated rings. The Morgan fingerprint density at radius 1 is 1.08 bits per heavy atom. The van der Waals surface area contributed by atoms with E-state index < -0.39 is 41.3 Å². The molecular weight excluding hydrogens is 654 g/mol. The van der Waals surface area contributed by atoms with E-state index in [4.69, 9.17) is 28.7 Å². The van der Waals surface area contributed by atoms with E-state index in [1.807, 2.05) is 39.0 Å². The summed E-state index contributed by atoms with van der Waals surface area (Å²) in [7, 11) is 2.94. The van der Waals surface area contributed by atoms with Crippen molar-refractivity contribution < 1.29 is 42.9 Å². The van der Waals surface area contributed by atoms with Crippen molar-refractivity contribution in [1.29, 1.82) is 0 Å². The van der Waals surface area contributed by atoms with Gasteiger partial charge < -0.3 is 33.9 Å². The van der Waals surface area contributed by atoms with Gasteiger partial charge in [-0.15, -0.1) is 0 Å². The van der Waals surface area contributed by atoms with Crippen LogP contribution in [-0.2, 0) is 23.9 Å². The molecule has 1 aliphatic carbocycles. The van der Waals surface area contributed by atoms with Crippen molar-refractivity contribution in [3.8, 4) is 17.4 Å². The number of aromatic nitrogens is 1. The maximum Gasteiger partial charge on any atom is 0.408 e. The van der Waals surface area contributed by atoms with Crippen LogP contribution >= 0.6 is 0 Å². The molecule has 5 rings (SSSR count). The molecule has 0 unspecified atom stereocenters. The van der Waals surface area contributed by atoms with Crippen molar-refractivity contribution in [3.05, 3.63) is 35.9 Å². The van der Waals surface area contributed by atoms with Gasteiger partial charge in [-0.3, -0.25) is 14.4 Å². The molecule has 1 saturated carbocycles. The van der Waals surface area contributed by atoms with Crippen molar-refractivity contribution in [2.24, 2.45) is 11.3 Å². The number of aryl methyl sites for hydroxylation is 1. The Morgan fingerprint density at radius 2 is 1.84 bits per heavy atom. The van der Waals surface area contributed by atoms with E-state index >= 15 is 0 Å². The minimum Gasteiger partial charge on any atom is -0.496 e. The second kappa shape index (κ2) is 15.5. The van der Waals surface area contributed by atoms with Gasteiger partial charge in [-0.1, -0.05) is 25.0 Å². The smallest absolute Gasteiger partial charge is 0.408 e. The van der Waals surface area contributed by atoms with Gasteiger partial charge in [0.15, 0.2) is 5.78 Å². The average molecular weight is 708 g/mol. The summed E-state index contributed by atoms with van der Waals surface area (Å²) in [4.78, 5) is 61.2. The molecule has 51 heavy (non-hydrogen) atoms. The highest BCUT2D eigenvalue weighted by Gasteiger charge is 2.61. The van der Waals surface area contributed by atoms with Crippen molar-refractivity contribution in [1.82, 2.24) is 15.2 Å². The summed E-state index contributed by atoms with van der Waals surface area (Å²) in [5.41, 5.74) is -0.264. The van der Waals surface area contributed by atoms with Gasteiger partial charge in [-0.25, -0.2) is 9.78 Å². The summed E-state index contributed by atoms with van der Waals surface area (Å²) in [5.74, 6) is 0.374. The van der Waals surface area contributed by atoms with E-state index in [1.165, 1.54) is 12.0 Å². The lowest BCUT2D eigenvalue weighted by Gasteiger charge is -2.30. The summed E-state index contributed by atoms with van der Waals surface area (Å²) >= 11 is 0. The number of Topliss-reactive ketones (excluding diaryl/α,β-unsaturated/α-hetero) is 1. The van der Waals surface area contributed by atoms with E-state index in [0.717, 1.165) is 30.2 Å². The molecule has 2 aliphatic heterocycles. The van der Waals surface area contributed by atoms with Crippen LogP contribution in [0.15, 0.2) is 30.4 Å². The molecule has 2 aromatic rings. The zero-order valence-corrected chi connectivity index (χ0v) is 31.2. The van der Waals surface area contributed by atoms with Crippen molar-refractivity contribution in [3.63, 3.8) is 0 Å². The van der Waals surface area contributed by atoms with Crippen LogP contribution in [0, 0.1) is 18.3 Å². The Hall–Kier alpha value is -4.35. The Balaban J connectivity index is 1.51. The number of benzene rings is 1. The van der Waals surface area contributed by atoms with Crippen LogP contribution in [0.4, 0.5) is 4.79 Å². The predicted molar refractivity (Wildman–Crippen MR) is 191 cm³/mol. The number of amides is 2. The van der Waals surface area contributed by atoms with Gasteiger partial charge in [0.2, 0.25) is 11.8 Å². The first-order valence-corrected chi connectivity index (χ1v) is 18.0. The monoisotopic (exact) mass is 707 g/mol. The van der Waals surface area contributed by atoms with Crippen molar-refractivity contribution in [2.45, 2.75) is 123 Å². The minimum absolute atomic E-state index is 0.0659. The van der Waals surface area contributed by atoms with E-state index in [1.54, 1.807) is 33.9 Å². The fourth-order valence-electron chi connectivity index (χ4n) is 7.27. The first-order chi connectivity index (χ1) is 24.2. The first kappa shape index (κ1) is 37.9. The molecule has 3 aliphatic rings. The molecule has 3 heterocycles. The maximum atomic E-state index is 14.5. The highest BCUT2D eigenvalue weighted by atomic mass is 16.6. The van der Waals surface area contributed by atoms with E-state index in [-0.39, 0.29) is 43.1 Å². The Kier molecular flexibility index (Phi) is 11.5. The Bertz CT molecular complexity index is 1670. The third kappa shape index (κ3) is 8.76. The molecule has 0 spiro atoms. The Labute approximate surface area is 300 Å². The summed E-state index contributed by atoms with van der Waals surface area (Å²) < 4.78 is 28.9. The SMILES string of the molecule is COC(=O)[C@]12CC(=O)[C@@H]3C[C@@H](Oc4cc(OC(C)C)nc5c(C)c(OC)ccc45)CN3C(=O)[C@@H](NC(=O)OC(C)(C)C)CCCCC/C=C\[C@H]1C2. The molecule has 5 atom stereocenters. The molecule has 278 valence electrons. The van der Waals surface area contributed by atoms with Crippen LogP contribution in [0.5, 0.6) is 17.4 Å². The summed E-state index contributed by atoms with van der Waals surface area (Å²) in [5, 5.41) is 3.53. The quantitative estimate of drug-likeness (QED) is 0.260. The fraction of sp³-hybridized carbons (Fsp3) is 0.615. The Morgan fingerprint density at radius 3 is 2.53 bits per heavy atom. The van der Waals surface area contributed by atoms with Crippen LogP contribution in [-0.4, -0.2) is 84.3 Å². The number of ether oxygens (including phenoxy) is 5. The minimum atomic E-state index is -0.967. The molecule has 1 saturated heterocycles. The number of carbonyl (C=O) groups excluding carboxylic acids is 4. The van der Waals surface area contributed by atoms with Crippen LogP contribution in [0.2, 0.25) is 0 Å². The van der Waals surface area contributed by atoms with Crippen LogP contribution in [0.25, 0.3) is 10.9 Å². The van der Waals surface area contributed by atoms with Crippen LogP contribution in [0.3, 0.4) is 0 Å². The lowest BCUT2D eigenvalue weighted by Crippen LogP contribution is -2.52. The highest BCUT2D eigenvalue weighted by Crippen LogP contribution is 2.57. The van der Waals surface area contributed by atoms with Gasteiger partial charge >= 0.3 is 12.1 Å². The molecule has 1 N–H and O–H groups in total. The van der Waals surface area contributed by atoms with E-state index in [2.05, 4.69) is 11.4 Å². The van der Waals surface area contributed by atoms with Gasteiger partial charge in [0.25, 0.3) is 0 Å². The topological polar surface area (TPSA) is 143 Å². The van der Waals surface area contributed by atoms with Gasteiger partial charge in [0.05, 0.1) is 43.8 Å². The zero-order valence-electron chi connectivity index (χ0n) is 31.2.